The van der Waals surface area contributed by atoms with E-state index in [4.69, 9.17) is 0 Å². The summed E-state index contributed by atoms with van der Waals surface area (Å²) in [5.41, 5.74) is 2.72. The molecule has 1 heterocycles. The van der Waals surface area contributed by atoms with Gasteiger partial charge in [0.1, 0.15) is 0 Å². The van der Waals surface area contributed by atoms with E-state index in [1.54, 1.807) is 0 Å². The highest BCUT2D eigenvalue weighted by Crippen LogP contribution is 2.31. The normalized spacial score (nSPS) is 22.0. The van der Waals surface area contributed by atoms with Crippen molar-refractivity contribution in [3.05, 3.63) is 33.8 Å². The lowest BCUT2D eigenvalue weighted by molar-refractivity contribution is 0.382. The monoisotopic (exact) mass is 225 g/mol. The first-order chi connectivity index (χ1) is 5.79. The molecule has 1 aromatic carbocycles. The van der Waals surface area contributed by atoms with Gasteiger partial charge in [-0.15, -0.1) is 0 Å². The molecule has 0 saturated carbocycles. The van der Waals surface area contributed by atoms with Crippen LogP contribution in [0.5, 0.6) is 0 Å². The molecular formula is C10H12BrN. The molecular weight excluding hydrogens is 214 g/mol. The van der Waals surface area contributed by atoms with E-state index >= 15 is 0 Å². The first-order valence-electron chi connectivity index (χ1n) is 4.27. The predicted molar refractivity (Wildman–Crippen MR) is 54.2 cm³/mol. The summed E-state index contributed by atoms with van der Waals surface area (Å²) in [7, 11) is 0. The molecule has 0 aliphatic carbocycles. The molecule has 0 aromatic heterocycles. The molecule has 0 radical (unpaired) electrons. The van der Waals surface area contributed by atoms with Crippen LogP contribution in [0.15, 0.2) is 22.7 Å². The van der Waals surface area contributed by atoms with Gasteiger partial charge in [-0.3, -0.25) is 0 Å². The van der Waals surface area contributed by atoms with Crippen LogP contribution in [0, 0.1) is 6.92 Å². The number of hydrogen-bond donors (Lipinski definition) is 1. The molecule has 1 atom stereocenters. The van der Waals surface area contributed by atoms with Crippen LogP contribution in [0.25, 0.3) is 0 Å². The highest BCUT2D eigenvalue weighted by molar-refractivity contribution is 9.10. The Bertz CT molecular complexity index is 292. The highest BCUT2D eigenvalue weighted by Gasteiger charge is 2.20. The second kappa shape index (κ2) is 3.19. The van der Waals surface area contributed by atoms with E-state index in [1.807, 2.05) is 0 Å². The lowest BCUT2D eigenvalue weighted by atomic mass is 9.97. The van der Waals surface area contributed by atoms with Crippen molar-refractivity contribution in [1.82, 2.24) is 5.32 Å². The minimum Gasteiger partial charge on any atom is -0.310 e. The number of benzene rings is 1. The molecule has 1 fully saturated rings. The maximum absolute atomic E-state index is 3.62. The molecule has 0 spiro atoms. The smallest absolute Gasteiger partial charge is 0.0343 e. The quantitative estimate of drug-likeness (QED) is 0.776. The lowest BCUT2D eigenvalue weighted by Gasteiger charge is -2.29. The maximum Gasteiger partial charge on any atom is 0.0343 e. The molecule has 0 bridgehead atoms. The Morgan fingerprint density at radius 3 is 2.83 bits per heavy atom. The van der Waals surface area contributed by atoms with E-state index in [-0.39, 0.29) is 0 Å². The summed E-state index contributed by atoms with van der Waals surface area (Å²) in [6.07, 6.45) is 1.27. The first kappa shape index (κ1) is 8.27. The Morgan fingerprint density at radius 1 is 1.50 bits per heavy atom. The third-order valence-corrected chi connectivity index (χ3v) is 3.50. The van der Waals surface area contributed by atoms with Crippen LogP contribution in [-0.2, 0) is 0 Å². The third-order valence-electron chi connectivity index (χ3n) is 2.42. The molecule has 1 aliphatic heterocycles. The summed E-state index contributed by atoms with van der Waals surface area (Å²) >= 11 is 3.62. The minimum absolute atomic E-state index is 0.583. The zero-order chi connectivity index (χ0) is 8.55. The molecule has 1 nitrogen and oxygen atoms in total. The van der Waals surface area contributed by atoms with Crippen LogP contribution in [0.1, 0.15) is 23.6 Å². The summed E-state index contributed by atoms with van der Waals surface area (Å²) in [5.74, 6) is 0. The number of halogens is 1. The van der Waals surface area contributed by atoms with Gasteiger partial charge in [-0.2, -0.15) is 0 Å². The molecule has 2 heteroatoms. The van der Waals surface area contributed by atoms with Crippen LogP contribution < -0.4 is 5.32 Å². The van der Waals surface area contributed by atoms with Crippen molar-refractivity contribution in [3.63, 3.8) is 0 Å². The van der Waals surface area contributed by atoms with Crippen molar-refractivity contribution in [1.29, 1.82) is 0 Å². The van der Waals surface area contributed by atoms with Crippen molar-refractivity contribution in [2.24, 2.45) is 0 Å². The summed E-state index contributed by atoms with van der Waals surface area (Å²) < 4.78 is 1.27. The maximum atomic E-state index is 3.62. The fourth-order valence-corrected chi connectivity index (χ4v) is 2.03. The Kier molecular flexibility index (Phi) is 2.20. The fraction of sp³-hybridized carbons (Fsp3) is 0.400. The summed E-state index contributed by atoms with van der Waals surface area (Å²) in [6, 6.07) is 7.02. The second-order valence-corrected chi connectivity index (χ2v) is 4.07. The van der Waals surface area contributed by atoms with Crippen molar-refractivity contribution >= 4 is 15.9 Å². The van der Waals surface area contributed by atoms with Gasteiger partial charge in [0.25, 0.3) is 0 Å². The largest absolute Gasteiger partial charge is 0.310 e. The zero-order valence-electron chi connectivity index (χ0n) is 7.10. The van der Waals surface area contributed by atoms with E-state index < -0.39 is 0 Å². The van der Waals surface area contributed by atoms with Gasteiger partial charge in [0, 0.05) is 10.5 Å². The molecule has 1 saturated heterocycles. The number of aryl methyl sites for hydroxylation is 1. The Labute approximate surface area is 81.3 Å². The molecule has 1 N–H and O–H groups in total. The fourth-order valence-electron chi connectivity index (χ4n) is 1.49. The van der Waals surface area contributed by atoms with Crippen molar-refractivity contribution < 1.29 is 0 Å². The average molecular weight is 226 g/mol. The van der Waals surface area contributed by atoms with Crippen molar-refractivity contribution in [3.8, 4) is 0 Å². The Hall–Kier alpha value is -0.340. The standard InChI is InChI=1S/C10H12BrN/c1-7-3-2-4-8(10(7)11)9-5-6-12-9/h2-4,9,12H,5-6H2,1H3. The van der Waals surface area contributed by atoms with Gasteiger partial charge in [-0.1, -0.05) is 34.1 Å². The van der Waals surface area contributed by atoms with Crippen LogP contribution in [-0.4, -0.2) is 6.54 Å². The van der Waals surface area contributed by atoms with Crippen LogP contribution >= 0.6 is 15.9 Å². The van der Waals surface area contributed by atoms with Gasteiger partial charge < -0.3 is 5.32 Å². The van der Waals surface area contributed by atoms with Gasteiger partial charge in [-0.05, 0) is 31.0 Å². The number of rotatable bonds is 1. The average Bonchev–Trinajstić information content (AvgIpc) is 1.95. The van der Waals surface area contributed by atoms with E-state index in [0.29, 0.717) is 6.04 Å². The predicted octanol–water partition coefficient (Wildman–Crippen LogP) is 2.79. The molecule has 1 aromatic rings. The third kappa shape index (κ3) is 1.29. The van der Waals surface area contributed by atoms with Crippen molar-refractivity contribution in [2.75, 3.05) is 6.54 Å². The first-order valence-corrected chi connectivity index (χ1v) is 5.07. The summed E-state index contributed by atoms with van der Waals surface area (Å²) in [5, 5.41) is 3.40. The lowest BCUT2D eigenvalue weighted by Crippen LogP contribution is -2.35. The van der Waals surface area contributed by atoms with Gasteiger partial charge in [0.2, 0.25) is 0 Å². The van der Waals surface area contributed by atoms with Gasteiger partial charge in [0.05, 0.1) is 0 Å². The van der Waals surface area contributed by atoms with Gasteiger partial charge in [0.15, 0.2) is 0 Å². The van der Waals surface area contributed by atoms with E-state index in [0.717, 1.165) is 6.54 Å². The molecule has 1 aliphatic rings. The summed E-state index contributed by atoms with van der Waals surface area (Å²) in [4.78, 5) is 0. The molecule has 12 heavy (non-hydrogen) atoms. The van der Waals surface area contributed by atoms with Crippen LogP contribution in [0.4, 0.5) is 0 Å². The minimum atomic E-state index is 0.583. The van der Waals surface area contributed by atoms with Gasteiger partial charge >= 0.3 is 0 Å². The van der Waals surface area contributed by atoms with E-state index in [2.05, 4.69) is 46.4 Å². The second-order valence-electron chi connectivity index (χ2n) is 3.27. The van der Waals surface area contributed by atoms with Crippen LogP contribution in [0.2, 0.25) is 0 Å². The van der Waals surface area contributed by atoms with Gasteiger partial charge in [-0.25, -0.2) is 0 Å². The highest BCUT2D eigenvalue weighted by atomic mass is 79.9. The Balaban J connectivity index is 2.36. The molecule has 64 valence electrons. The SMILES string of the molecule is Cc1cccc(C2CCN2)c1Br. The van der Waals surface area contributed by atoms with E-state index in [9.17, 15) is 0 Å². The zero-order valence-corrected chi connectivity index (χ0v) is 8.69. The number of hydrogen-bond acceptors (Lipinski definition) is 1. The molecule has 0 amide bonds. The molecule has 2 rings (SSSR count). The number of nitrogens with one attached hydrogen (secondary N) is 1. The Morgan fingerprint density at radius 2 is 2.25 bits per heavy atom. The van der Waals surface area contributed by atoms with Crippen LogP contribution in [0.3, 0.4) is 0 Å². The van der Waals surface area contributed by atoms with Crippen molar-refractivity contribution in [2.45, 2.75) is 19.4 Å². The topological polar surface area (TPSA) is 12.0 Å². The summed E-state index contributed by atoms with van der Waals surface area (Å²) in [6.45, 7) is 3.29. The van der Waals surface area contributed by atoms with E-state index in [1.165, 1.54) is 22.0 Å². The molecule has 1 unspecified atom stereocenters.